The maximum Gasteiger partial charge on any atom is 0.238 e. The number of aromatic nitrogens is 1. The molecule has 0 aliphatic carbocycles. The molecule has 164 valence electrons. The van der Waals surface area contributed by atoms with E-state index in [9.17, 15) is 13.2 Å². The standard InChI is InChI=1S/C22H26N4O3S2/c1-15-4-2-6-19-20(15)25-22(30-19)26-13-3-5-17(14-26)21(27)24-12-11-16-7-9-18(10-8-16)31(23,28)29/h2,4,6-10,17H,3,5,11-14H2,1H3,(H,24,27)(H2,23,28,29). The summed E-state index contributed by atoms with van der Waals surface area (Å²) in [5.41, 5.74) is 3.16. The summed E-state index contributed by atoms with van der Waals surface area (Å²) in [5, 5.41) is 9.13. The Bertz CT molecular complexity index is 1190. The molecule has 1 saturated heterocycles. The number of hydrogen-bond acceptors (Lipinski definition) is 6. The van der Waals surface area contributed by atoms with Crippen LogP contribution in [0.4, 0.5) is 5.13 Å². The van der Waals surface area contributed by atoms with Gasteiger partial charge in [0.25, 0.3) is 0 Å². The molecule has 3 aromatic rings. The summed E-state index contributed by atoms with van der Waals surface area (Å²) in [6.07, 6.45) is 2.46. The number of amides is 1. The Kier molecular flexibility index (Phi) is 6.27. The average Bonchev–Trinajstić information content (AvgIpc) is 3.19. The highest BCUT2D eigenvalue weighted by atomic mass is 32.2. The molecule has 1 aliphatic heterocycles. The Labute approximate surface area is 186 Å². The van der Waals surface area contributed by atoms with Crippen molar-refractivity contribution < 1.29 is 13.2 Å². The maximum absolute atomic E-state index is 12.7. The van der Waals surface area contributed by atoms with Crippen LogP contribution >= 0.6 is 11.3 Å². The number of piperidine rings is 1. The van der Waals surface area contributed by atoms with Crippen LogP contribution in [-0.2, 0) is 21.2 Å². The topological polar surface area (TPSA) is 105 Å². The number of para-hydroxylation sites is 1. The zero-order valence-electron chi connectivity index (χ0n) is 17.4. The van der Waals surface area contributed by atoms with Crippen LogP contribution in [0.25, 0.3) is 10.2 Å². The molecule has 0 radical (unpaired) electrons. The molecule has 31 heavy (non-hydrogen) atoms. The number of sulfonamides is 1. The Morgan fingerprint density at radius 3 is 2.74 bits per heavy atom. The highest BCUT2D eigenvalue weighted by molar-refractivity contribution is 7.89. The number of primary sulfonamides is 1. The number of thiazole rings is 1. The van der Waals surface area contributed by atoms with Gasteiger partial charge in [-0.25, -0.2) is 18.5 Å². The first-order chi connectivity index (χ1) is 14.8. The van der Waals surface area contributed by atoms with Gasteiger partial charge in [0.15, 0.2) is 5.13 Å². The highest BCUT2D eigenvalue weighted by Crippen LogP contribution is 2.32. The fourth-order valence-corrected chi connectivity index (χ4v) is 5.49. The summed E-state index contributed by atoms with van der Waals surface area (Å²) >= 11 is 1.68. The van der Waals surface area contributed by atoms with Gasteiger partial charge in [0.1, 0.15) is 0 Å². The molecule has 7 nitrogen and oxygen atoms in total. The summed E-state index contributed by atoms with van der Waals surface area (Å²) in [5.74, 6) is -0.00485. The second-order valence-corrected chi connectivity index (χ2v) is 10.5. The van der Waals surface area contributed by atoms with Gasteiger partial charge in [-0.3, -0.25) is 4.79 Å². The fourth-order valence-electron chi connectivity index (χ4n) is 3.89. The number of benzene rings is 2. The van der Waals surface area contributed by atoms with Crippen molar-refractivity contribution in [3.63, 3.8) is 0 Å². The van der Waals surface area contributed by atoms with E-state index < -0.39 is 10.0 Å². The van der Waals surface area contributed by atoms with Crippen LogP contribution in [0.3, 0.4) is 0 Å². The van der Waals surface area contributed by atoms with E-state index >= 15 is 0 Å². The van der Waals surface area contributed by atoms with Gasteiger partial charge in [-0.1, -0.05) is 35.6 Å². The third-order valence-electron chi connectivity index (χ3n) is 5.64. The molecule has 1 unspecified atom stereocenters. The SMILES string of the molecule is Cc1cccc2sc(N3CCCC(C(=O)NCCc4ccc(S(N)(=O)=O)cc4)C3)nc12. The van der Waals surface area contributed by atoms with Gasteiger partial charge in [0, 0.05) is 19.6 Å². The van der Waals surface area contributed by atoms with Crippen molar-refractivity contribution in [2.75, 3.05) is 24.5 Å². The molecule has 0 saturated carbocycles. The Hall–Kier alpha value is -2.49. The van der Waals surface area contributed by atoms with Crippen LogP contribution in [-0.4, -0.2) is 38.9 Å². The van der Waals surface area contributed by atoms with E-state index in [2.05, 4.69) is 35.3 Å². The first kappa shape index (κ1) is 21.7. The predicted octanol–water partition coefficient (Wildman–Crippen LogP) is 2.83. The minimum atomic E-state index is -3.69. The second kappa shape index (κ2) is 8.94. The monoisotopic (exact) mass is 458 g/mol. The molecular formula is C22H26N4O3S2. The Morgan fingerprint density at radius 2 is 2.03 bits per heavy atom. The number of hydrogen-bond donors (Lipinski definition) is 2. The summed E-state index contributed by atoms with van der Waals surface area (Å²) in [4.78, 5) is 19.9. The van der Waals surface area contributed by atoms with Crippen LogP contribution in [0.15, 0.2) is 47.4 Å². The smallest absolute Gasteiger partial charge is 0.238 e. The van der Waals surface area contributed by atoms with E-state index in [-0.39, 0.29) is 16.7 Å². The molecule has 0 spiro atoms. The lowest BCUT2D eigenvalue weighted by Gasteiger charge is -2.31. The highest BCUT2D eigenvalue weighted by Gasteiger charge is 2.27. The quantitative estimate of drug-likeness (QED) is 0.591. The summed E-state index contributed by atoms with van der Waals surface area (Å²) in [7, 11) is -3.69. The molecule has 1 aliphatic rings. The lowest BCUT2D eigenvalue weighted by atomic mass is 9.97. The molecular weight excluding hydrogens is 432 g/mol. The fraction of sp³-hybridized carbons (Fsp3) is 0.364. The van der Waals surface area contributed by atoms with E-state index in [1.807, 2.05) is 0 Å². The molecule has 3 N–H and O–H groups in total. The van der Waals surface area contributed by atoms with Crippen LogP contribution < -0.4 is 15.4 Å². The van der Waals surface area contributed by atoms with Crippen molar-refractivity contribution in [3.8, 4) is 0 Å². The van der Waals surface area contributed by atoms with Gasteiger partial charge in [-0.05, 0) is 55.5 Å². The lowest BCUT2D eigenvalue weighted by molar-refractivity contribution is -0.125. The zero-order valence-corrected chi connectivity index (χ0v) is 19.0. The number of carbonyl (C=O) groups is 1. The van der Waals surface area contributed by atoms with E-state index in [0.717, 1.165) is 35.6 Å². The van der Waals surface area contributed by atoms with Gasteiger partial charge < -0.3 is 10.2 Å². The van der Waals surface area contributed by atoms with Crippen molar-refractivity contribution >= 4 is 42.6 Å². The van der Waals surface area contributed by atoms with Crippen molar-refractivity contribution in [2.24, 2.45) is 11.1 Å². The van der Waals surface area contributed by atoms with Crippen LogP contribution in [0.5, 0.6) is 0 Å². The number of nitrogens with two attached hydrogens (primary N) is 1. The Balaban J connectivity index is 1.33. The van der Waals surface area contributed by atoms with Gasteiger partial charge in [-0.15, -0.1) is 0 Å². The van der Waals surface area contributed by atoms with Crippen LogP contribution in [0.1, 0.15) is 24.0 Å². The number of aryl methyl sites for hydroxylation is 1. The normalized spacial score (nSPS) is 17.1. The second-order valence-electron chi connectivity index (χ2n) is 7.93. The molecule has 0 bridgehead atoms. The third kappa shape index (κ3) is 5.06. The zero-order chi connectivity index (χ0) is 22.0. The summed E-state index contributed by atoms with van der Waals surface area (Å²) in [6.45, 7) is 4.16. The number of carbonyl (C=O) groups excluding carboxylic acids is 1. The predicted molar refractivity (Wildman–Crippen MR) is 124 cm³/mol. The minimum absolute atomic E-state index is 0.0585. The van der Waals surface area contributed by atoms with Crippen LogP contribution in [0.2, 0.25) is 0 Å². The Morgan fingerprint density at radius 1 is 1.26 bits per heavy atom. The molecule has 1 atom stereocenters. The number of rotatable bonds is 6. The maximum atomic E-state index is 12.7. The van der Waals surface area contributed by atoms with E-state index in [0.29, 0.717) is 19.5 Å². The van der Waals surface area contributed by atoms with E-state index in [1.165, 1.54) is 22.4 Å². The van der Waals surface area contributed by atoms with Crippen molar-refractivity contribution in [2.45, 2.75) is 31.1 Å². The molecule has 4 rings (SSSR count). The molecule has 9 heteroatoms. The van der Waals surface area contributed by atoms with Crippen molar-refractivity contribution in [1.29, 1.82) is 0 Å². The first-order valence-electron chi connectivity index (χ1n) is 10.3. The van der Waals surface area contributed by atoms with E-state index in [1.54, 1.807) is 23.5 Å². The number of nitrogens with zero attached hydrogens (tertiary/aromatic N) is 2. The van der Waals surface area contributed by atoms with Crippen molar-refractivity contribution in [1.82, 2.24) is 10.3 Å². The molecule has 1 amide bonds. The van der Waals surface area contributed by atoms with Gasteiger partial charge in [-0.2, -0.15) is 0 Å². The molecule has 1 fully saturated rings. The van der Waals surface area contributed by atoms with Crippen molar-refractivity contribution in [3.05, 3.63) is 53.6 Å². The molecule has 1 aromatic heterocycles. The lowest BCUT2D eigenvalue weighted by Crippen LogP contribution is -2.43. The summed E-state index contributed by atoms with van der Waals surface area (Å²) < 4.78 is 23.8. The largest absolute Gasteiger partial charge is 0.355 e. The van der Waals surface area contributed by atoms with Crippen LogP contribution in [0, 0.1) is 12.8 Å². The summed E-state index contributed by atoms with van der Waals surface area (Å²) in [6, 6.07) is 12.6. The molecule has 2 heterocycles. The van der Waals surface area contributed by atoms with Gasteiger partial charge in [0.2, 0.25) is 15.9 Å². The third-order valence-corrected chi connectivity index (χ3v) is 7.65. The van der Waals surface area contributed by atoms with Gasteiger partial charge >= 0.3 is 0 Å². The first-order valence-corrected chi connectivity index (χ1v) is 12.7. The van der Waals surface area contributed by atoms with E-state index in [4.69, 9.17) is 10.1 Å². The average molecular weight is 459 g/mol. The minimum Gasteiger partial charge on any atom is -0.355 e. The number of anilines is 1. The number of nitrogens with one attached hydrogen (secondary N) is 1. The molecule has 2 aromatic carbocycles. The van der Waals surface area contributed by atoms with Gasteiger partial charge in [0.05, 0.1) is 21.0 Å². The number of fused-ring (bicyclic) bond motifs is 1.